The summed E-state index contributed by atoms with van der Waals surface area (Å²) in [6.07, 6.45) is 6.13. The van der Waals surface area contributed by atoms with Crippen LogP contribution in [0.15, 0.2) is 0 Å². The van der Waals surface area contributed by atoms with Gasteiger partial charge in [-0.3, -0.25) is 9.59 Å². The predicted molar refractivity (Wildman–Crippen MR) is 76.1 cm³/mol. The van der Waals surface area contributed by atoms with Crippen molar-refractivity contribution in [2.75, 3.05) is 26.2 Å². The Morgan fingerprint density at radius 1 is 1.10 bits per heavy atom. The number of carbonyl (C=O) groups is 2. The molecule has 3 aliphatic rings. The normalized spacial score (nSPS) is 27.6. The second kappa shape index (κ2) is 6.12. The van der Waals surface area contributed by atoms with Gasteiger partial charge in [0.25, 0.3) is 0 Å². The molecule has 1 aliphatic carbocycles. The molecule has 3 rings (SSSR count). The zero-order valence-corrected chi connectivity index (χ0v) is 12.1. The molecule has 0 aromatic heterocycles. The topological polar surface area (TPSA) is 61.4 Å². The molecule has 0 bridgehead atoms. The Bertz CT molecular complexity index is 375. The van der Waals surface area contributed by atoms with E-state index in [1.54, 1.807) is 0 Å². The average molecular weight is 279 g/mol. The molecule has 1 unspecified atom stereocenters. The molecule has 2 saturated heterocycles. The van der Waals surface area contributed by atoms with Crippen molar-refractivity contribution in [2.24, 2.45) is 11.8 Å². The highest BCUT2D eigenvalue weighted by atomic mass is 16.2. The summed E-state index contributed by atoms with van der Waals surface area (Å²) in [5.74, 6) is 1.03. The van der Waals surface area contributed by atoms with E-state index in [0.29, 0.717) is 5.92 Å². The van der Waals surface area contributed by atoms with E-state index in [0.717, 1.165) is 64.7 Å². The van der Waals surface area contributed by atoms with Crippen LogP contribution < -0.4 is 10.6 Å². The minimum atomic E-state index is -0.212. The van der Waals surface area contributed by atoms with Gasteiger partial charge in [0, 0.05) is 38.0 Å². The van der Waals surface area contributed by atoms with Crippen LogP contribution in [-0.2, 0) is 9.59 Å². The van der Waals surface area contributed by atoms with Crippen LogP contribution in [0.25, 0.3) is 0 Å². The van der Waals surface area contributed by atoms with E-state index < -0.39 is 0 Å². The number of nitrogens with one attached hydrogen (secondary N) is 2. The lowest BCUT2D eigenvalue weighted by molar-refractivity contribution is -0.141. The van der Waals surface area contributed by atoms with Gasteiger partial charge in [-0.25, -0.2) is 0 Å². The molecule has 20 heavy (non-hydrogen) atoms. The standard InChI is InChI=1S/C15H25N3O2/c19-14(17-10-11-8-16-9-11)13-6-3-7-18(13)15(20)12-4-1-2-5-12/h11-13,16H,1-10H2,(H,17,19). The van der Waals surface area contributed by atoms with Crippen LogP contribution in [0.3, 0.4) is 0 Å². The predicted octanol–water partition coefficient (Wildman–Crippen LogP) is 0.503. The van der Waals surface area contributed by atoms with Crippen LogP contribution >= 0.6 is 0 Å². The van der Waals surface area contributed by atoms with Gasteiger partial charge in [0.15, 0.2) is 0 Å². The Balaban J connectivity index is 1.53. The third kappa shape index (κ3) is 2.82. The molecule has 0 spiro atoms. The van der Waals surface area contributed by atoms with E-state index in [2.05, 4.69) is 10.6 Å². The van der Waals surface area contributed by atoms with Crippen LogP contribution in [0.1, 0.15) is 38.5 Å². The Kier molecular flexibility index (Phi) is 4.24. The van der Waals surface area contributed by atoms with Gasteiger partial charge in [-0.1, -0.05) is 12.8 Å². The molecule has 0 radical (unpaired) electrons. The van der Waals surface area contributed by atoms with Crippen LogP contribution in [0, 0.1) is 11.8 Å². The zero-order chi connectivity index (χ0) is 13.9. The fourth-order valence-electron chi connectivity index (χ4n) is 3.57. The van der Waals surface area contributed by atoms with Gasteiger partial charge < -0.3 is 15.5 Å². The number of amides is 2. The van der Waals surface area contributed by atoms with Crippen LogP contribution in [0.2, 0.25) is 0 Å². The summed E-state index contributed by atoms with van der Waals surface area (Å²) in [5.41, 5.74) is 0. The maximum absolute atomic E-state index is 12.5. The highest BCUT2D eigenvalue weighted by molar-refractivity contribution is 5.89. The van der Waals surface area contributed by atoms with E-state index in [9.17, 15) is 9.59 Å². The minimum Gasteiger partial charge on any atom is -0.354 e. The number of hydrogen-bond donors (Lipinski definition) is 2. The summed E-state index contributed by atoms with van der Waals surface area (Å²) >= 11 is 0. The lowest BCUT2D eigenvalue weighted by Gasteiger charge is -2.30. The average Bonchev–Trinajstić information content (AvgIpc) is 3.07. The van der Waals surface area contributed by atoms with E-state index in [4.69, 9.17) is 0 Å². The molecule has 3 fully saturated rings. The monoisotopic (exact) mass is 279 g/mol. The fraction of sp³-hybridized carbons (Fsp3) is 0.867. The SMILES string of the molecule is O=C(NCC1CNC1)C1CCCN1C(=O)C1CCCC1. The van der Waals surface area contributed by atoms with Crippen molar-refractivity contribution in [3.8, 4) is 0 Å². The summed E-state index contributed by atoms with van der Waals surface area (Å²) in [5, 5.41) is 6.23. The highest BCUT2D eigenvalue weighted by Crippen LogP contribution is 2.29. The molecule has 2 N–H and O–H groups in total. The van der Waals surface area contributed by atoms with Crippen LogP contribution in [0.5, 0.6) is 0 Å². The van der Waals surface area contributed by atoms with Crippen LogP contribution in [-0.4, -0.2) is 48.9 Å². The van der Waals surface area contributed by atoms with Crippen molar-refractivity contribution < 1.29 is 9.59 Å². The molecule has 0 aromatic carbocycles. The van der Waals surface area contributed by atoms with E-state index in [1.165, 1.54) is 0 Å². The molecule has 1 atom stereocenters. The Morgan fingerprint density at radius 2 is 1.85 bits per heavy atom. The summed E-state index contributed by atoms with van der Waals surface area (Å²) in [7, 11) is 0. The van der Waals surface area contributed by atoms with E-state index >= 15 is 0 Å². The first kappa shape index (κ1) is 13.9. The van der Waals surface area contributed by atoms with Gasteiger partial charge in [-0.2, -0.15) is 0 Å². The quantitative estimate of drug-likeness (QED) is 0.788. The number of rotatable bonds is 4. The first-order valence-electron chi connectivity index (χ1n) is 8.04. The maximum Gasteiger partial charge on any atom is 0.242 e. The third-order valence-corrected chi connectivity index (χ3v) is 4.97. The second-order valence-electron chi connectivity index (χ2n) is 6.44. The number of hydrogen-bond acceptors (Lipinski definition) is 3. The zero-order valence-electron chi connectivity index (χ0n) is 12.1. The van der Waals surface area contributed by atoms with Crippen molar-refractivity contribution in [3.05, 3.63) is 0 Å². The smallest absolute Gasteiger partial charge is 0.242 e. The van der Waals surface area contributed by atoms with Gasteiger partial charge in [0.1, 0.15) is 6.04 Å². The highest BCUT2D eigenvalue weighted by Gasteiger charge is 2.37. The molecule has 2 aliphatic heterocycles. The molecular formula is C15H25N3O2. The first-order chi connectivity index (χ1) is 9.75. The van der Waals surface area contributed by atoms with Crippen molar-refractivity contribution in [1.29, 1.82) is 0 Å². The summed E-state index contributed by atoms with van der Waals surface area (Å²) < 4.78 is 0. The van der Waals surface area contributed by atoms with Gasteiger partial charge in [0.05, 0.1) is 0 Å². The van der Waals surface area contributed by atoms with Crippen molar-refractivity contribution in [2.45, 2.75) is 44.6 Å². The van der Waals surface area contributed by atoms with Crippen LogP contribution in [0.4, 0.5) is 0 Å². The number of carbonyl (C=O) groups excluding carboxylic acids is 2. The van der Waals surface area contributed by atoms with Gasteiger partial charge in [-0.15, -0.1) is 0 Å². The van der Waals surface area contributed by atoms with Crippen molar-refractivity contribution in [3.63, 3.8) is 0 Å². The van der Waals surface area contributed by atoms with Gasteiger partial charge in [0.2, 0.25) is 11.8 Å². The molecule has 1 saturated carbocycles. The molecule has 5 heteroatoms. The lowest BCUT2D eigenvalue weighted by atomic mass is 10.0. The first-order valence-corrected chi connectivity index (χ1v) is 8.04. The van der Waals surface area contributed by atoms with Crippen molar-refractivity contribution >= 4 is 11.8 Å². The largest absolute Gasteiger partial charge is 0.354 e. The van der Waals surface area contributed by atoms with E-state index in [-0.39, 0.29) is 23.8 Å². The van der Waals surface area contributed by atoms with Gasteiger partial charge >= 0.3 is 0 Å². The lowest BCUT2D eigenvalue weighted by Crippen LogP contribution is -2.52. The molecule has 0 aromatic rings. The third-order valence-electron chi connectivity index (χ3n) is 4.97. The molecule has 5 nitrogen and oxygen atoms in total. The molecular weight excluding hydrogens is 254 g/mol. The summed E-state index contributed by atoms with van der Waals surface area (Å²) in [4.78, 5) is 26.6. The Morgan fingerprint density at radius 3 is 2.50 bits per heavy atom. The number of nitrogens with zero attached hydrogens (tertiary/aromatic N) is 1. The van der Waals surface area contributed by atoms with Gasteiger partial charge in [-0.05, 0) is 25.7 Å². The Hall–Kier alpha value is -1.10. The van der Waals surface area contributed by atoms with E-state index in [1.807, 2.05) is 4.90 Å². The molecule has 2 heterocycles. The fourth-order valence-corrected chi connectivity index (χ4v) is 3.57. The Labute approximate surface area is 120 Å². The number of likely N-dealkylation sites (tertiary alicyclic amines) is 1. The summed E-state index contributed by atoms with van der Waals surface area (Å²) in [6.45, 7) is 3.50. The molecule has 112 valence electrons. The minimum absolute atomic E-state index is 0.0562. The van der Waals surface area contributed by atoms with Crippen molar-refractivity contribution in [1.82, 2.24) is 15.5 Å². The summed E-state index contributed by atoms with van der Waals surface area (Å²) in [6, 6.07) is -0.212. The molecule has 2 amide bonds. The second-order valence-corrected chi connectivity index (χ2v) is 6.44. The maximum atomic E-state index is 12.5.